The van der Waals surface area contributed by atoms with E-state index >= 15 is 0 Å². The van der Waals surface area contributed by atoms with Crippen molar-refractivity contribution < 1.29 is 23.8 Å². The van der Waals surface area contributed by atoms with Crippen LogP contribution in [0.5, 0.6) is 17.2 Å². The number of nitrogens with zero attached hydrogens (tertiary/aromatic N) is 1. The Labute approximate surface area is 115 Å². The van der Waals surface area contributed by atoms with Gasteiger partial charge in [-0.05, 0) is 18.9 Å². The normalized spacial score (nSPS) is 19.4. The smallest absolute Gasteiger partial charge is 0.235 e. The largest absolute Gasteiger partial charge is 0.504 e. The van der Waals surface area contributed by atoms with E-state index in [1.165, 1.54) is 6.07 Å². The Morgan fingerprint density at radius 3 is 2.70 bits per heavy atom. The van der Waals surface area contributed by atoms with Gasteiger partial charge < -0.3 is 14.6 Å². The first-order valence-corrected chi connectivity index (χ1v) is 6.58. The third kappa shape index (κ3) is 1.84. The van der Waals surface area contributed by atoms with Crippen molar-refractivity contribution >= 4 is 6.08 Å². The first-order valence-electron chi connectivity index (χ1n) is 6.58. The molecule has 106 valence electrons. The first kappa shape index (κ1) is 12.9. The SMILES string of the molecule is O=C=NC1(c2cc3c(c(F)c2O)OCCO3)CCCC1. The molecule has 1 aliphatic heterocycles. The average molecular weight is 279 g/mol. The second-order valence-electron chi connectivity index (χ2n) is 5.05. The average Bonchev–Trinajstić information content (AvgIpc) is 2.93. The molecule has 6 heteroatoms. The highest BCUT2D eigenvalue weighted by atomic mass is 19.1. The van der Waals surface area contributed by atoms with E-state index in [-0.39, 0.29) is 23.7 Å². The molecule has 5 nitrogen and oxygen atoms in total. The van der Waals surface area contributed by atoms with E-state index < -0.39 is 17.1 Å². The van der Waals surface area contributed by atoms with Gasteiger partial charge in [0.25, 0.3) is 0 Å². The number of fused-ring (bicyclic) bond motifs is 1. The van der Waals surface area contributed by atoms with Gasteiger partial charge >= 0.3 is 0 Å². The van der Waals surface area contributed by atoms with Crippen molar-refractivity contribution in [3.8, 4) is 17.2 Å². The Balaban J connectivity index is 2.18. The molecule has 1 fully saturated rings. The highest BCUT2D eigenvalue weighted by Gasteiger charge is 2.40. The summed E-state index contributed by atoms with van der Waals surface area (Å²) in [6.45, 7) is 0.556. The number of isocyanates is 1. The van der Waals surface area contributed by atoms with Crippen LogP contribution in [0, 0.1) is 5.82 Å². The first-order chi connectivity index (χ1) is 9.68. The van der Waals surface area contributed by atoms with Crippen molar-refractivity contribution in [2.45, 2.75) is 31.2 Å². The van der Waals surface area contributed by atoms with Gasteiger partial charge in [0.1, 0.15) is 18.8 Å². The minimum atomic E-state index is -0.900. The molecule has 0 atom stereocenters. The summed E-state index contributed by atoms with van der Waals surface area (Å²) in [6, 6.07) is 1.53. The van der Waals surface area contributed by atoms with Crippen LogP contribution in [-0.4, -0.2) is 24.4 Å². The summed E-state index contributed by atoms with van der Waals surface area (Å²) < 4.78 is 24.8. The van der Waals surface area contributed by atoms with Crippen molar-refractivity contribution in [2.24, 2.45) is 4.99 Å². The van der Waals surface area contributed by atoms with Crippen molar-refractivity contribution in [1.82, 2.24) is 0 Å². The lowest BCUT2D eigenvalue weighted by atomic mass is 9.87. The second-order valence-corrected chi connectivity index (χ2v) is 5.05. The van der Waals surface area contributed by atoms with Crippen LogP contribution in [0.25, 0.3) is 0 Å². The number of phenolic OH excluding ortho intramolecular Hbond substituents is 1. The molecule has 1 heterocycles. The summed E-state index contributed by atoms with van der Waals surface area (Å²) >= 11 is 0. The lowest BCUT2D eigenvalue weighted by Crippen LogP contribution is -2.22. The van der Waals surface area contributed by atoms with Crippen LogP contribution >= 0.6 is 0 Å². The summed E-state index contributed by atoms with van der Waals surface area (Å²) in [5.74, 6) is -1.21. The zero-order valence-corrected chi connectivity index (χ0v) is 10.8. The van der Waals surface area contributed by atoms with E-state index in [1.54, 1.807) is 6.08 Å². The van der Waals surface area contributed by atoms with E-state index in [2.05, 4.69) is 4.99 Å². The number of rotatable bonds is 2. The second kappa shape index (κ2) is 4.80. The number of carbonyl (C=O) groups excluding carboxylic acids is 1. The molecule has 0 amide bonds. The number of phenols is 1. The van der Waals surface area contributed by atoms with Gasteiger partial charge in [-0.3, -0.25) is 0 Å². The zero-order chi connectivity index (χ0) is 14.2. The molecular formula is C14H14FNO4. The van der Waals surface area contributed by atoms with Crippen LogP contribution < -0.4 is 9.47 Å². The van der Waals surface area contributed by atoms with E-state index in [4.69, 9.17) is 9.47 Å². The lowest BCUT2D eigenvalue weighted by molar-refractivity contribution is 0.161. The highest BCUT2D eigenvalue weighted by molar-refractivity contribution is 5.55. The fraction of sp³-hybridized carbons (Fsp3) is 0.500. The number of hydrogen-bond acceptors (Lipinski definition) is 5. The molecule has 20 heavy (non-hydrogen) atoms. The zero-order valence-electron chi connectivity index (χ0n) is 10.8. The van der Waals surface area contributed by atoms with Gasteiger partial charge in [0, 0.05) is 5.56 Å². The predicted molar refractivity (Wildman–Crippen MR) is 67.3 cm³/mol. The van der Waals surface area contributed by atoms with Crippen LogP contribution in [0.4, 0.5) is 4.39 Å². The van der Waals surface area contributed by atoms with E-state index in [9.17, 15) is 14.3 Å². The van der Waals surface area contributed by atoms with E-state index in [0.717, 1.165) is 12.8 Å². The summed E-state index contributed by atoms with van der Waals surface area (Å²) in [4.78, 5) is 14.5. The molecule has 1 aromatic rings. The Morgan fingerprint density at radius 1 is 1.30 bits per heavy atom. The predicted octanol–water partition coefficient (Wildman–Crippen LogP) is 2.41. The van der Waals surface area contributed by atoms with Gasteiger partial charge in [0.15, 0.2) is 11.5 Å². The molecular weight excluding hydrogens is 265 g/mol. The summed E-state index contributed by atoms with van der Waals surface area (Å²) in [7, 11) is 0. The summed E-state index contributed by atoms with van der Waals surface area (Å²) in [5.41, 5.74) is -0.622. The van der Waals surface area contributed by atoms with E-state index in [1.807, 2.05) is 0 Å². The standard InChI is InChI=1S/C14H14FNO4/c15-11-12(18)9(7-10-13(11)20-6-5-19-10)14(16-8-17)3-1-2-4-14/h7,18H,1-6H2. The van der Waals surface area contributed by atoms with Gasteiger partial charge in [-0.25, -0.2) is 4.79 Å². The number of benzene rings is 1. The van der Waals surface area contributed by atoms with Crippen LogP contribution in [0.1, 0.15) is 31.2 Å². The van der Waals surface area contributed by atoms with Gasteiger partial charge in [0.05, 0.1) is 0 Å². The third-order valence-electron chi connectivity index (χ3n) is 3.94. The Kier molecular flexibility index (Phi) is 3.10. The molecule has 1 aromatic carbocycles. The van der Waals surface area contributed by atoms with Crippen LogP contribution in [0.15, 0.2) is 11.1 Å². The fourth-order valence-electron chi connectivity index (χ4n) is 2.98. The maximum atomic E-state index is 14.2. The molecule has 3 rings (SSSR count). The third-order valence-corrected chi connectivity index (χ3v) is 3.94. The molecule has 0 spiro atoms. The maximum Gasteiger partial charge on any atom is 0.235 e. The number of ether oxygens (including phenoxy) is 2. The molecule has 0 radical (unpaired) electrons. The van der Waals surface area contributed by atoms with Crippen molar-refractivity contribution in [3.05, 3.63) is 17.4 Å². The Hall–Kier alpha value is -2.07. The van der Waals surface area contributed by atoms with Crippen LogP contribution in [-0.2, 0) is 10.3 Å². The lowest BCUT2D eigenvalue weighted by Gasteiger charge is -2.27. The molecule has 0 bridgehead atoms. The van der Waals surface area contributed by atoms with Crippen LogP contribution in [0.3, 0.4) is 0 Å². The Bertz CT molecular complexity index is 589. The molecule has 1 aliphatic carbocycles. The topological polar surface area (TPSA) is 68.1 Å². The Morgan fingerprint density at radius 2 is 2.00 bits per heavy atom. The van der Waals surface area contributed by atoms with Crippen molar-refractivity contribution in [2.75, 3.05) is 13.2 Å². The molecule has 1 saturated carbocycles. The number of aliphatic imine (C=N–C) groups is 1. The number of hydrogen-bond donors (Lipinski definition) is 1. The fourth-order valence-corrected chi connectivity index (χ4v) is 2.98. The van der Waals surface area contributed by atoms with Gasteiger partial charge in [-0.2, -0.15) is 9.38 Å². The monoisotopic (exact) mass is 279 g/mol. The number of halogens is 1. The molecule has 0 unspecified atom stereocenters. The molecule has 0 saturated heterocycles. The quantitative estimate of drug-likeness (QED) is 0.666. The summed E-state index contributed by atoms with van der Waals surface area (Å²) in [5, 5.41) is 10.1. The van der Waals surface area contributed by atoms with Gasteiger partial charge in [0.2, 0.25) is 17.6 Å². The van der Waals surface area contributed by atoms with Gasteiger partial charge in [-0.1, -0.05) is 12.8 Å². The maximum absolute atomic E-state index is 14.2. The minimum absolute atomic E-state index is 0.0827. The van der Waals surface area contributed by atoms with Crippen LogP contribution in [0.2, 0.25) is 0 Å². The minimum Gasteiger partial charge on any atom is -0.504 e. The molecule has 2 aliphatic rings. The highest BCUT2D eigenvalue weighted by Crippen LogP contribution is 2.50. The van der Waals surface area contributed by atoms with Gasteiger partial charge in [-0.15, -0.1) is 0 Å². The van der Waals surface area contributed by atoms with Crippen molar-refractivity contribution in [3.63, 3.8) is 0 Å². The molecule has 0 aromatic heterocycles. The molecule has 1 N–H and O–H groups in total. The number of aromatic hydroxyl groups is 1. The van der Waals surface area contributed by atoms with E-state index in [0.29, 0.717) is 19.4 Å². The van der Waals surface area contributed by atoms with Crippen molar-refractivity contribution in [1.29, 1.82) is 0 Å². The summed E-state index contributed by atoms with van der Waals surface area (Å²) in [6.07, 6.45) is 4.43.